The second-order valence-corrected chi connectivity index (χ2v) is 5.66. The van der Waals surface area contributed by atoms with Crippen LogP contribution in [0.4, 0.5) is 5.69 Å². The summed E-state index contributed by atoms with van der Waals surface area (Å²) in [5.74, 6) is 0.702. The lowest BCUT2D eigenvalue weighted by Gasteiger charge is -2.35. The first-order valence-corrected chi connectivity index (χ1v) is 7.60. The zero-order valence-corrected chi connectivity index (χ0v) is 12.8. The second-order valence-electron chi connectivity index (χ2n) is 5.66. The number of rotatable bonds is 4. The molecule has 0 aromatic heterocycles. The molecule has 2 N–H and O–H groups in total. The predicted molar refractivity (Wildman–Crippen MR) is 87.9 cm³/mol. The van der Waals surface area contributed by atoms with Crippen LogP contribution in [0.15, 0.2) is 54.6 Å². The molecule has 1 aliphatic rings. The Morgan fingerprint density at radius 3 is 2.59 bits per heavy atom. The molecule has 4 nitrogen and oxygen atoms in total. The van der Waals surface area contributed by atoms with E-state index in [9.17, 15) is 0 Å². The number of hydrogen-bond donors (Lipinski definition) is 1. The molecule has 2 unspecified atom stereocenters. The molecule has 0 aliphatic carbocycles. The Bertz CT molecular complexity index is 603. The van der Waals surface area contributed by atoms with E-state index in [0.717, 1.165) is 25.3 Å². The van der Waals surface area contributed by atoms with E-state index < -0.39 is 0 Å². The summed E-state index contributed by atoms with van der Waals surface area (Å²) in [6, 6.07) is 17.8. The molecule has 116 valence electrons. The van der Waals surface area contributed by atoms with Gasteiger partial charge in [-0.2, -0.15) is 0 Å². The number of morpholine rings is 1. The molecule has 0 radical (unpaired) electrons. The molecule has 2 aromatic rings. The van der Waals surface area contributed by atoms with Gasteiger partial charge in [0.25, 0.3) is 0 Å². The van der Waals surface area contributed by atoms with Crippen LogP contribution in [0.2, 0.25) is 0 Å². The van der Waals surface area contributed by atoms with Crippen LogP contribution in [0.1, 0.15) is 11.7 Å². The zero-order valence-electron chi connectivity index (χ0n) is 12.8. The zero-order chi connectivity index (χ0) is 15.4. The number of likely N-dealkylation sites (N-methyl/N-ethyl adjacent to an activating group) is 1. The predicted octanol–water partition coefficient (Wildman–Crippen LogP) is 2.72. The highest BCUT2D eigenvalue weighted by atomic mass is 16.5. The molecule has 1 aliphatic heterocycles. The van der Waals surface area contributed by atoms with E-state index >= 15 is 0 Å². The molecule has 0 spiro atoms. The topological polar surface area (TPSA) is 47.7 Å². The number of nitrogens with zero attached hydrogens (tertiary/aromatic N) is 1. The summed E-state index contributed by atoms with van der Waals surface area (Å²) in [6.45, 7) is 2.51. The Hall–Kier alpha value is -2.04. The molecule has 4 heteroatoms. The van der Waals surface area contributed by atoms with Crippen LogP contribution >= 0.6 is 0 Å². The molecule has 1 fully saturated rings. The van der Waals surface area contributed by atoms with Crippen molar-refractivity contribution in [1.82, 2.24) is 4.90 Å². The van der Waals surface area contributed by atoms with E-state index in [1.54, 1.807) is 0 Å². The molecule has 0 amide bonds. The Morgan fingerprint density at radius 1 is 1.14 bits per heavy atom. The summed E-state index contributed by atoms with van der Waals surface area (Å²) in [4.78, 5) is 2.27. The third kappa shape index (κ3) is 3.40. The number of para-hydroxylation sites is 2. The Kier molecular flexibility index (Phi) is 4.61. The summed E-state index contributed by atoms with van der Waals surface area (Å²) < 4.78 is 12.2. The lowest BCUT2D eigenvalue weighted by molar-refractivity contribution is -0.0758. The van der Waals surface area contributed by atoms with Crippen molar-refractivity contribution in [2.24, 2.45) is 0 Å². The van der Waals surface area contributed by atoms with Gasteiger partial charge in [0.1, 0.15) is 11.9 Å². The maximum Gasteiger partial charge on any atom is 0.151 e. The van der Waals surface area contributed by atoms with Gasteiger partial charge in [-0.1, -0.05) is 42.5 Å². The molecule has 2 atom stereocenters. The van der Waals surface area contributed by atoms with Crippen LogP contribution in [0, 0.1) is 0 Å². The van der Waals surface area contributed by atoms with Gasteiger partial charge >= 0.3 is 0 Å². The number of anilines is 1. The van der Waals surface area contributed by atoms with Crippen LogP contribution in [-0.2, 0) is 4.74 Å². The smallest absolute Gasteiger partial charge is 0.151 e. The maximum absolute atomic E-state index is 6.24. The van der Waals surface area contributed by atoms with Gasteiger partial charge in [-0.25, -0.2) is 0 Å². The summed E-state index contributed by atoms with van der Waals surface area (Å²) in [6.07, 6.45) is -0.186. The van der Waals surface area contributed by atoms with Crippen molar-refractivity contribution >= 4 is 5.69 Å². The minimum atomic E-state index is -0.173. The molecular formula is C18H22N2O2. The van der Waals surface area contributed by atoms with Crippen molar-refractivity contribution in [3.63, 3.8) is 0 Å². The van der Waals surface area contributed by atoms with Crippen molar-refractivity contribution in [2.75, 3.05) is 32.5 Å². The normalized spacial score (nSPS) is 20.5. The first-order chi connectivity index (χ1) is 10.7. The van der Waals surface area contributed by atoms with Gasteiger partial charge in [-0.3, -0.25) is 0 Å². The maximum atomic E-state index is 6.24. The lowest BCUT2D eigenvalue weighted by atomic mass is 10.0. The molecule has 1 heterocycles. The number of nitrogen functional groups attached to an aromatic ring is 1. The van der Waals surface area contributed by atoms with E-state index in [4.69, 9.17) is 15.2 Å². The monoisotopic (exact) mass is 298 g/mol. The second kappa shape index (κ2) is 6.81. The number of nitrogens with two attached hydrogens (primary N) is 1. The van der Waals surface area contributed by atoms with E-state index in [1.165, 1.54) is 0 Å². The summed E-state index contributed by atoms with van der Waals surface area (Å²) >= 11 is 0. The molecule has 0 bridgehead atoms. The number of hydrogen-bond acceptors (Lipinski definition) is 4. The van der Waals surface area contributed by atoms with Crippen LogP contribution in [0.3, 0.4) is 0 Å². The van der Waals surface area contributed by atoms with Gasteiger partial charge in [0.05, 0.1) is 12.3 Å². The highest BCUT2D eigenvalue weighted by Crippen LogP contribution is 2.31. The van der Waals surface area contributed by atoms with Gasteiger partial charge in [0.2, 0.25) is 0 Å². The average Bonchev–Trinajstić information content (AvgIpc) is 2.55. The van der Waals surface area contributed by atoms with Crippen LogP contribution in [0.25, 0.3) is 0 Å². The van der Waals surface area contributed by atoms with Crippen molar-refractivity contribution in [3.8, 4) is 5.75 Å². The van der Waals surface area contributed by atoms with Gasteiger partial charge in [0.15, 0.2) is 6.10 Å². The molecule has 3 rings (SSSR count). The molecule has 0 saturated carbocycles. The standard InChI is InChI=1S/C18H22N2O2/c1-20-11-12-21-17(13-20)18(14-7-3-2-4-8-14)22-16-10-6-5-9-15(16)19/h2-10,17-18H,11-13,19H2,1H3. The number of ether oxygens (including phenoxy) is 2. The van der Waals surface area contributed by atoms with E-state index in [-0.39, 0.29) is 12.2 Å². The van der Waals surface area contributed by atoms with Crippen LogP contribution in [0.5, 0.6) is 5.75 Å². The highest BCUT2D eigenvalue weighted by Gasteiger charge is 2.30. The lowest BCUT2D eigenvalue weighted by Crippen LogP contribution is -2.44. The van der Waals surface area contributed by atoms with E-state index in [2.05, 4.69) is 24.1 Å². The minimum absolute atomic E-state index is 0.0132. The van der Waals surface area contributed by atoms with Crippen molar-refractivity contribution < 1.29 is 9.47 Å². The Labute approximate surface area is 131 Å². The third-order valence-corrected chi connectivity index (χ3v) is 3.94. The summed E-state index contributed by atoms with van der Waals surface area (Å²) in [7, 11) is 2.11. The van der Waals surface area contributed by atoms with Crippen molar-refractivity contribution in [1.29, 1.82) is 0 Å². The molecular weight excluding hydrogens is 276 g/mol. The largest absolute Gasteiger partial charge is 0.481 e. The number of benzene rings is 2. The van der Waals surface area contributed by atoms with Gasteiger partial charge in [0, 0.05) is 13.1 Å². The Balaban J connectivity index is 1.88. The fourth-order valence-corrected chi connectivity index (χ4v) is 2.72. The van der Waals surface area contributed by atoms with E-state index in [1.807, 2.05) is 42.5 Å². The van der Waals surface area contributed by atoms with Gasteiger partial charge in [-0.15, -0.1) is 0 Å². The van der Waals surface area contributed by atoms with Crippen LogP contribution < -0.4 is 10.5 Å². The summed E-state index contributed by atoms with van der Waals surface area (Å²) in [5, 5.41) is 0. The van der Waals surface area contributed by atoms with Crippen LogP contribution in [-0.4, -0.2) is 37.7 Å². The minimum Gasteiger partial charge on any atom is -0.481 e. The molecule has 2 aromatic carbocycles. The first kappa shape index (κ1) is 14.9. The third-order valence-electron chi connectivity index (χ3n) is 3.94. The molecule has 1 saturated heterocycles. The summed E-state index contributed by atoms with van der Waals surface area (Å²) in [5.41, 5.74) is 7.78. The highest BCUT2D eigenvalue weighted by molar-refractivity contribution is 5.52. The quantitative estimate of drug-likeness (QED) is 0.882. The van der Waals surface area contributed by atoms with Gasteiger partial charge < -0.3 is 20.1 Å². The van der Waals surface area contributed by atoms with E-state index in [0.29, 0.717) is 11.4 Å². The van der Waals surface area contributed by atoms with Crippen molar-refractivity contribution in [2.45, 2.75) is 12.2 Å². The first-order valence-electron chi connectivity index (χ1n) is 7.60. The SMILES string of the molecule is CN1CCOC(C(Oc2ccccc2N)c2ccccc2)C1. The Morgan fingerprint density at radius 2 is 1.86 bits per heavy atom. The fraction of sp³-hybridized carbons (Fsp3) is 0.333. The average molecular weight is 298 g/mol. The van der Waals surface area contributed by atoms with Gasteiger partial charge in [-0.05, 0) is 24.7 Å². The fourth-order valence-electron chi connectivity index (χ4n) is 2.72. The molecule has 22 heavy (non-hydrogen) atoms. The van der Waals surface area contributed by atoms with Crippen molar-refractivity contribution in [3.05, 3.63) is 60.2 Å².